The second-order valence-electron chi connectivity index (χ2n) is 5.51. The Bertz CT molecular complexity index is 450. The van der Waals surface area contributed by atoms with E-state index in [4.69, 9.17) is 9.47 Å². The number of halogens is 1. The first kappa shape index (κ1) is 13.7. The second-order valence-corrected chi connectivity index (χ2v) is 5.51. The minimum absolute atomic E-state index is 0.217. The number of ether oxygens (including phenoxy) is 2. The average Bonchev–Trinajstić information content (AvgIpc) is 2.70. The minimum Gasteiger partial charge on any atom is -0.377 e. The van der Waals surface area contributed by atoms with Crippen LogP contribution in [0.4, 0.5) is 10.2 Å². The van der Waals surface area contributed by atoms with E-state index in [0.29, 0.717) is 31.5 Å². The highest BCUT2D eigenvalue weighted by Gasteiger charge is 2.41. The molecule has 0 bridgehead atoms. The van der Waals surface area contributed by atoms with Gasteiger partial charge in [0.2, 0.25) is 0 Å². The highest BCUT2D eigenvalue weighted by atomic mass is 19.1. The molecule has 1 aromatic rings. The van der Waals surface area contributed by atoms with Crippen molar-refractivity contribution in [3.63, 3.8) is 0 Å². The maximum atomic E-state index is 13.5. The number of hydrogen-bond acceptors (Lipinski definition) is 5. The molecule has 1 aromatic heterocycles. The van der Waals surface area contributed by atoms with Crippen LogP contribution in [0.3, 0.4) is 0 Å². The van der Waals surface area contributed by atoms with Crippen molar-refractivity contribution in [1.82, 2.24) is 10.3 Å². The van der Waals surface area contributed by atoms with Crippen molar-refractivity contribution in [3.8, 4) is 0 Å². The van der Waals surface area contributed by atoms with Gasteiger partial charge in [-0.2, -0.15) is 0 Å². The fraction of sp³-hybridized carbons (Fsp3) is 0.643. The average molecular weight is 281 g/mol. The van der Waals surface area contributed by atoms with Gasteiger partial charge in [0.05, 0.1) is 19.8 Å². The maximum absolute atomic E-state index is 13.5. The van der Waals surface area contributed by atoms with E-state index >= 15 is 0 Å². The van der Waals surface area contributed by atoms with Crippen LogP contribution in [0.2, 0.25) is 0 Å². The lowest BCUT2D eigenvalue weighted by Crippen LogP contribution is -2.42. The molecule has 1 spiro atoms. The van der Waals surface area contributed by atoms with Crippen molar-refractivity contribution < 1.29 is 13.9 Å². The molecule has 5 nitrogen and oxygen atoms in total. The summed E-state index contributed by atoms with van der Waals surface area (Å²) in [7, 11) is 0. The van der Waals surface area contributed by atoms with E-state index in [2.05, 4.69) is 15.6 Å². The molecule has 2 atom stereocenters. The molecular formula is C14H20FN3O2. The summed E-state index contributed by atoms with van der Waals surface area (Å²) in [6.45, 7) is 4.39. The van der Waals surface area contributed by atoms with Crippen molar-refractivity contribution in [2.75, 3.05) is 44.8 Å². The van der Waals surface area contributed by atoms with Crippen molar-refractivity contribution in [1.29, 1.82) is 0 Å². The first-order valence-electron chi connectivity index (χ1n) is 7.04. The topological polar surface area (TPSA) is 55.4 Å². The molecule has 2 N–H and O–H groups in total. The molecule has 6 heteroatoms. The number of aromatic nitrogens is 1. The summed E-state index contributed by atoms with van der Waals surface area (Å²) in [5.74, 6) is 0.337. The minimum atomic E-state index is -0.319. The van der Waals surface area contributed by atoms with Gasteiger partial charge in [0.1, 0.15) is 5.60 Å². The van der Waals surface area contributed by atoms with E-state index in [1.165, 1.54) is 6.07 Å². The van der Waals surface area contributed by atoms with Crippen LogP contribution >= 0.6 is 0 Å². The molecule has 0 radical (unpaired) electrons. The monoisotopic (exact) mass is 281 g/mol. The predicted molar refractivity (Wildman–Crippen MR) is 73.2 cm³/mol. The highest BCUT2D eigenvalue weighted by Crippen LogP contribution is 2.31. The van der Waals surface area contributed by atoms with E-state index in [9.17, 15) is 4.39 Å². The largest absolute Gasteiger partial charge is 0.377 e. The Hall–Kier alpha value is -1.24. The zero-order valence-corrected chi connectivity index (χ0v) is 11.4. The van der Waals surface area contributed by atoms with Crippen LogP contribution < -0.4 is 10.6 Å². The summed E-state index contributed by atoms with van der Waals surface area (Å²) in [5, 5.41) is 6.41. The summed E-state index contributed by atoms with van der Waals surface area (Å²) in [6.07, 6.45) is 2.50. The molecule has 110 valence electrons. The standard InChI is InChI=1S/C14H20FN3O2/c15-12-2-1-3-17-13(12)18-7-11-6-14(20-8-11)9-16-4-5-19-10-14/h1-3,11,16H,4-10H2,(H,17,18)/t11-,14+/m1/s1. The molecule has 2 aliphatic rings. The van der Waals surface area contributed by atoms with Gasteiger partial charge in [0, 0.05) is 31.7 Å². The molecule has 0 saturated carbocycles. The number of nitrogens with one attached hydrogen (secondary N) is 2. The smallest absolute Gasteiger partial charge is 0.165 e. The van der Waals surface area contributed by atoms with Gasteiger partial charge >= 0.3 is 0 Å². The van der Waals surface area contributed by atoms with Crippen LogP contribution in [0, 0.1) is 11.7 Å². The maximum Gasteiger partial charge on any atom is 0.165 e. The molecular weight excluding hydrogens is 261 g/mol. The Kier molecular flexibility index (Phi) is 4.14. The zero-order valence-electron chi connectivity index (χ0n) is 11.4. The van der Waals surface area contributed by atoms with Crippen molar-refractivity contribution >= 4 is 5.82 Å². The molecule has 20 heavy (non-hydrogen) atoms. The summed E-state index contributed by atoms with van der Waals surface area (Å²) in [5.41, 5.74) is -0.217. The van der Waals surface area contributed by atoms with E-state index < -0.39 is 0 Å². The Morgan fingerprint density at radius 1 is 1.55 bits per heavy atom. The van der Waals surface area contributed by atoms with E-state index in [1.807, 2.05) is 0 Å². The van der Waals surface area contributed by atoms with Crippen molar-refractivity contribution in [3.05, 3.63) is 24.1 Å². The number of pyridine rings is 1. The molecule has 0 unspecified atom stereocenters. The van der Waals surface area contributed by atoms with Crippen molar-refractivity contribution in [2.45, 2.75) is 12.0 Å². The highest BCUT2D eigenvalue weighted by molar-refractivity contribution is 5.35. The van der Waals surface area contributed by atoms with Crippen LogP contribution in [0.15, 0.2) is 18.3 Å². The molecule has 2 saturated heterocycles. The molecule has 3 rings (SSSR count). The Morgan fingerprint density at radius 2 is 2.50 bits per heavy atom. The third kappa shape index (κ3) is 3.08. The SMILES string of the molecule is Fc1cccnc1NC[C@@H]1CO[C@]2(CNCCOC2)C1. The number of rotatable bonds is 3. The molecule has 2 aliphatic heterocycles. The summed E-state index contributed by atoms with van der Waals surface area (Å²) in [6, 6.07) is 2.99. The predicted octanol–water partition coefficient (Wildman–Crippen LogP) is 1.03. The fourth-order valence-electron chi connectivity index (χ4n) is 2.82. The Labute approximate surface area is 117 Å². The lowest BCUT2D eigenvalue weighted by Gasteiger charge is -2.25. The lowest BCUT2D eigenvalue weighted by molar-refractivity contribution is -0.0471. The van der Waals surface area contributed by atoms with Gasteiger partial charge in [-0.25, -0.2) is 9.37 Å². The van der Waals surface area contributed by atoms with E-state index in [-0.39, 0.29) is 11.4 Å². The van der Waals surface area contributed by atoms with Gasteiger partial charge in [-0.1, -0.05) is 0 Å². The number of nitrogens with zero attached hydrogens (tertiary/aromatic N) is 1. The van der Waals surface area contributed by atoms with E-state index in [0.717, 1.165) is 26.1 Å². The molecule has 0 aliphatic carbocycles. The van der Waals surface area contributed by atoms with Gasteiger partial charge in [-0.3, -0.25) is 0 Å². The van der Waals surface area contributed by atoms with Crippen LogP contribution in [0.25, 0.3) is 0 Å². The van der Waals surface area contributed by atoms with Gasteiger partial charge in [0.25, 0.3) is 0 Å². The summed E-state index contributed by atoms with van der Waals surface area (Å²) < 4.78 is 25.0. The molecule has 3 heterocycles. The summed E-state index contributed by atoms with van der Waals surface area (Å²) in [4.78, 5) is 3.99. The van der Waals surface area contributed by atoms with Gasteiger partial charge < -0.3 is 20.1 Å². The molecule has 2 fully saturated rings. The third-order valence-corrected chi connectivity index (χ3v) is 3.84. The first-order chi connectivity index (χ1) is 9.77. The molecule has 0 aromatic carbocycles. The number of anilines is 1. The first-order valence-corrected chi connectivity index (χ1v) is 7.04. The van der Waals surface area contributed by atoms with E-state index in [1.54, 1.807) is 12.3 Å². The zero-order chi connectivity index (χ0) is 13.8. The van der Waals surface area contributed by atoms with Crippen LogP contribution in [-0.2, 0) is 9.47 Å². The van der Waals surface area contributed by atoms with Crippen LogP contribution in [-0.4, -0.2) is 50.0 Å². The van der Waals surface area contributed by atoms with Gasteiger partial charge in [-0.05, 0) is 18.6 Å². The van der Waals surface area contributed by atoms with Crippen LogP contribution in [0.1, 0.15) is 6.42 Å². The number of hydrogen-bond donors (Lipinski definition) is 2. The van der Waals surface area contributed by atoms with Crippen LogP contribution in [0.5, 0.6) is 0 Å². The Morgan fingerprint density at radius 3 is 3.40 bits per heavy atom. The quantitative estimate of drug-likeness (QED) is 0.866. The fourth-order valence-corrected chi connectivity index (χ4v) is 2.82. The van der Waals surface area contributed by atoms with Gasteiger partial charge in [-0.15, -0.1) is 0 Å². The Balaban J connectivity index is 1.54. The summed E-state index contributed by atoms with van der Waals surface area (Å²) >= 11 is 0. The third-order valence-electron chi connectivity index (χ3n) is 3.84. The lowest BCUT2D eigenvalue weighted by atomic mass is 9.94. The van der Waals surface area contributed by atoms with Gasteiger partial charge in [0.15, 0.2) is 11.6 Å². The second kappa shape index (κ2) is 6.03. The molecule has 0 amide bonds. The normalized spacial score (nSPS) is 30.4. The van der Waals surface area contributed by atoms with Crippen molar-refractivity contribution in [2.24, 2.45) is 5.92 Å².